The van der Waals surface area contributed by atoms with Crippen LogP contribution in [0, 0.1) is 0 Å². The standard InChI is InChI=1S/C15H22O8/c1-2-22-12-6-4-3-5-9(12)15(21)23-8-11(18)14(20)13(19)10(17)7-16/h3-6,10-11,13-14,16-20H,2,7-8H2,1H3/t10-,11+,13+,14+/m0/s1. The van der Waals surface area contributed by atoms with Gasteiger partial charge < -0.3 is 35.0 Å². The number of para-hydroxylation sites is 1. The second kappa shape index (κ2) is 9.43. The van der Waals surface area contributed by atoms with Crippen LogP contribution in [-0.2, 0) is 4.74 Å². The van der Waals surface area contributed by atoms with Gasteiger partial charge in [-0.2, -0.15) is 0 Å². The molecule has 0 bridgehead atoms. The lowest BCUT2D eigenvalue weighted by Crippen LogP contribution is -2.47. The summed E-state index contributed by atoms with van der Waals surface area (Å²) >= 11 is 0. The zero-order valence-corrected chi connectivity index (χ0v) is 12.7. The van der Waals surface area contributed by atoms with Gasteiger partial charge in [0.2, 0.25) is 0 Å². The molecular formula is C15H22O8. The third kappa shape index (κ3) is 5.45. The lowest BCUT2D eigenvalue weighted by Gasteiger charge is -2.25. The topological polar surface area (TPSA) is 137 Å². The Hall–Kier alpha value is -1.71. The largest absolute Gasteiger partial charge is 0.493 e. The van der Waals surface area contributed by atoms with Crippen LogP contribution in [-0.4, -0.2) is 75.7 Å². The van der Waals surface area contributed by atoms with E-state index in [1.54, 1.807) is 25.1 Å². The van der Waals surface area contributed by atoms with E-state index < -0.39 is 43.6 Å². The predicted molar refractivity (Wildman–Crippen MR) is 79.0 cm³/mol. The van der Waals surface area contributed by atoms with Gasteiger partial charge in [-0.3, -0.25) is 0 Å². The molecule has 130 valence electrons. The number of benzene rings is 1. The van der Waals surface area contributed by atoms with Crippen LogP contribution < -0.4 is 4.74 Å². The number of hydrogen-bond donors (Lipinski definition) is 5. The Morgan fingerprint density at radius 2 is 1.70 bits per heavy atom. The van der Waals surface area contributed by atoms with E-state index in [1.165, 1.54) is 6.07 Å². The number of ether oxygens (including phenoxy) is 2. The third-order valence-corrected chi connectivity index (χ3v) is 3.12. The van der Waals surface area contributed by atoms with Gasteiger partial charge in [0.1, 0.15) is 42.3 Å². The van der Waals surface area contributed by atoms with Crippen LogP contribution >= 0.6 is 0 Å². The van der Waals surface area contributed by atoms with Crippen LogP contribution in [0.15, 0.2) is 24.3 Å². The maximum Gasteiger partial charge on any atom is 0.342 e. The summed E-state index contributed by atoms with van der Waals surface area (Å²) in [6.07, 6.45) is -6.81. The molecule has 0 amide bonds. The summed E-state index contributed by atoms with van der Waals surface area (Å²) in [4.78, 5) is 12.0. The summed E-state index contributed by atoms with van der Waals surface area (Å²) in [6, 6.07) is 6.38. The van der Waals surface area contributed by atoms with Gasteiger partial charge in [-0.1, -0.05) is 12.1 Å². The Kier molecular flexibility index (Phi) is 7.93. The molecule has 8 heteroatoms. The summed E-state index contributed by atoms with van der Waals surface area (Å²) in [5.41, 5.74) is 0.159. The van der Waals surface area contributed by atoms with Crippen molar-refractivity contribution >= 4 is 5.97 Å². The highest BCUT2D eigenvalue weighted by atomic mass is 16.5. The lowest BCUT2D eigenvalue weighted by atomic mass is 10.0. The molecule has 0 saturated carbocycles. The van der Waals surface area contributed by atoms with Crippen molar-refractivity contribution in [3.8, 4) is 5.75 Å². The predicted octanol–water partition coefficient (Wildman–Crippen LogP) is -1.32. The van der Waals surface area contributed by atoms with Crippen molar-refractivity contribution in [2.24, 2.45) is 0 Å². The molecule has 0 aliphatic heterocycles. The first kappa shape index (κ1) is 19.3. The van der Waals surface area contributed by atoms with Crippen molar-refractivity contribution in [3.63, 3.8) is 0 Å². The van der Waals surface area contributed by atoms with Gasteiger partial charge in [0, 0.05) is 0 Å². The van der Waals surface area contributed by atoms with Gasteiger partial charge in [0.25, 0.3) is 0 Å². The van der Waals surface area contributed by atoms with E-state index in [9.17, 15) is 25.2 Å². The molecule has 0 aliphatic rings. The maximum absolute atomic E-state index is 12.0. The van der Waals surface area contributed by atoms with Crippen molar-refractivity contribution in [2.45, 2.75) is 31.3 Å². The highest BCUT2D eigenvalue weighted by Gasteiger charge is 2.31. The van der Waals surface area contributed by atoms with E-state index in [0.29, 0.717) is 12.4 Å². The molecule has 0 radical (unpaired) electrons. The number of aliphatic hydroxyl groups is 5. The van der Waals surface area contributed by atoms with Crippen LogP contribution in [0.5, 0.6) is 5.75 Å². The Labute approximate surface area is 133 Å². The normalized spacial score (nSPS) is 16.3. The quantitative estimate of drug-likeness (QED) is 0.352. The number of aliphatic hydroxyl groups excluding tert-OH is 5. The molecule has 1 aromatic rings. The SMILES string of the molecule is CCOc1ccccc1C(=O)OC[C@@H](O)[C@@H](O)[C@H](O)[C@@H](O)CO. The highest BCUT2D eigenvalue weighted by Crippen LogP contribution is 2.19. The lowest BCUT2D eigenvalue weighted by molar-refractivity contribution is -0.124. The fourth-order valence-electron chi connectivity index (χ4n) is 1.82. The van der Waals surface area contributed by atoms with Crippen molar-refractivity contribution in [3.05, 3.63) is 29.8 Å². The summed E-state index contributed by atoms with van der Waals surface area (Å²) in [5, 5.41) is 46.7. The van der Waals surface area contributed by atoms with Gasteiger partial charge in [-0.25, -0.2) is 4.79 Å². The van der Waals surface area contributed by atoms with Gasteiger partial charge in [-0.05, 0) is 19.1 Å². The van der Waals surface area contributed by atoms with Crippen LogP contribution in [0.1, 0.15) is 17.3 Å². The smallest absolute Gasteiger partial charge is 0.342 e. The molecule has 1 rings (SSSR count). The minimum absolute atomic E-state index is 0.159. The second-order valence-corrected chi connectivity index (χ2v) is 4.83. The molecule has 0 aliphatic carbocycles. The molecule has 0 heterocycles. The molecule has 1 aromatic carbocycles. The summed E-state index contributed by atoms with van der Waals surface area (Å²) < 4.78 is 10.2. The van der Waals surface area contributed by atoms with E-state index in [-0.39, 0.29) is 5.56 Å². The van der Waals surface area contributed by atoms with Crippen LogP contribution in [0.2, 0.25) is 0 Å². The van der Waals surface area contributed by atoms with Gasteiger partial charge in [-0.15, -0.1) is 0 Å². The minimum Gasteiger partial charge on any atom is -0.493 e. The van der Waals surface area contributed by atoms with Crippen LogP contribution in [0.25, 0.3) is 0 Å². The first-order chi connectivity index (χ1) is 10.9. The molecule has 0 saturated heterocycles. The zero-order valence-electron chi connectivity index (χ0n) is 12.7. The van der Waals surface area contributed by atoms with E-state index in [0.717, 1.165) is 0 Å². The maximum atomic E-state index is 12.0. The van der Waals surface area contributed by atoms with Crippen molar-refractivity contribution in [2.75, 3.05) is 19.8 Å². The number of carbonyl (C=O) groups is 1. The summed E-state index contributed by atoms with van der Waals surface area (Å²) in [5.74, 6) is -0.441. The van der Waals surface area contributed by atoms with E-state index in [1.807, 2.05) is 0 Å². The van der Waals surface area contributed by atoms with Crippen molar-refractivity contribution < 1.29 is 39.8 Å². The monoisotopic (exact) mass is 330 g/mol. The molecule has 0 aromatic heterocycles. The molecule has 4 atom stereocenters. The summed E-state index contributed by atoms with van der Waals surface area (Å²) in [6.45, 7) is 0.731. The average molecular weight is 330 g/mol. The number of carbonyl (C=O) groups excluding carboxylic acids is 1. The third-order valence-electron chi connectivity index (χ3n) is 3.12. The molecule has 5 N–H and O–H groups in total. The highest BCUT2D eigenvalue weighted by molar-refractivity contribution is 5.92. The summed E-state index contributed by atoms with van der Waals surface area (Å²) in [7, 11) is 0. The fourth-order valence-corrected chi connectivity index (χ4v) is 1.82. The molecular weight excluding hydrogens is 308 g/mol. The van der Waals surface area contributed by atoms with Gasteiger partial charge >= 0.3 is 5.97 Å². The van der Waals surface area contributed by atoms with Crippen molar-refractivity contribution in [1.29, 1.82) is 0 Å². The zero-order chi connectivity index (χ0) is 17.4. The van der Waals surface area contributed by atoms with Crippen LogP contribution in [0.3, 0.4) is 0 Å². The Morgan fingerprint density at radius 3 is 2.30 bits per heavy atom. The van der Waals surface area contributed by atoms with E-state index in [4.69, 9.17) is 14.6 Å². The van der Waals surface area contributed by atoms with Crippen LogP contribution in [0.4, 0.5) is 0 Å². The Morgan fingerprint density at radius 1 is 1.09 bits per heavy atom. The molecule has 0 unspecified atom stereocenters. The molecule has 23 heavy (non-hydrogen) atoms. The fraction of sp³-hybridized carbons (Fsp3) is 0.533. The van der Waals surface area contributed by atoms with Crippen molar-refractivity contribution in [1.82, 2.24) is 0 Å². The first-order valence-corrected chi connectivity index (χ1v) is 7.14. The Balaban J connectivity index is 2.62. The number of rotatable bonds is 9. The number of hydrogen-bond acceptors (Lipinski definition) is 8. The molecule has 8 nitrogen and oxygen atoms in total. The first-order valence-electron chi connectivity index (χ1n) is 7.14. The molecule has 0 spiro atoms. The van der Waals surface area contributed by atoms with E-state index >= 15 is 0 Å². The second-order valence-electron chi connectivity index (χ2n) is 4.83. The minimum atomic E-state index is -1.79. The van der Waals surface area contributed by atoms with E-state index in [2.05, 4.69) is 0 Å². The average Bonchev–Trinajstić information content (AvgIpc) is 2.58. The Bertz CT molecular complexity index is 492. The van der Waals surface area contributed by atoms with Gasteiger partial charge in [0.15, 0.2) is 0 Å². The van der Waals surface area contributed by atoms with Gasteiger partial charge in [0.05, 0.1) is 13.2 Å². The molecule has 0 fully saturated rings. The number of esters is 1.